The van der Waals surface area contributed by atoms with Gasteiger partial charge in [0.25, 0.3) is 0 Å². The van der Waals surface area contributed by atoms with Crippen LogP contribution >= 0.6 is 0 Å². The van der Waals surface area contributed by atoms with E-state index in [4.69, 9.17) is 0 Å². The highest BCUT2D eigenvalue weighted by Crippen LogP contribution is 2.33. The Morgan fingerprint density at radius 3 is 2.29 bits per heavy atom. The lowest BCUT2D eigenvalue weighted by Gasteiger charge is -2.46. The Bertz CT molecular complexity index is 229. The fourth-order valence-corrected chi connectivity index (χ4v) is 3.62. The van der Waals surface area contributed by atoms with Gasteiger partial charge in [-0.2, -0.15) is 0 Å². The summed E-state index contributed by atoms with van der Waals surface area (Å²) in [5.74, 6) is 0. The van der Waals surface area contributed by atoms with Gasteiger partial charge in [0.1, 0.15) is 0 Å². The summed E-state index contributed by atoms with van der Waals surface area (Å²) in [4.78, 5) is 2.78. The minimum absolute atomic E-state index is 0.468. The van der Waals surface area contributed by atoms with Crippen molar-refractivity contribution in [2.75, 3.05) is 20.1 Å². The molecule has 1 N–H and O–H groups in total. The summed E-state index contributed by atoms with van der Waals surface area (Å²) in [6.07, 6.45) is 10.1. The Balaban J connectivity index is 1.94. The third kappa shape index (κ3) is 3.23. The molecule has 0 aromatic heterocycles. The van der Waals surface area contributed by atoms with Gasteiger partial charge in [-0.05, 0) is 38.3 Å². The van der Waals surface area contributed by atoms with Crippen LogP contribution in [0.2, 0.25) is 0 Å². The molecule has 17 heavy (non-hydrogen) atoms. The lowest BCUT2D eigenvalue weighted by atomic mass is 9.77. The van der Waals surface area contributed by atoms with Crippen molar-refractivity contribution in [1.29, 1.82) is 0 Å². The van der Waals surface area contributed by atoms with Gasteiger partial charge < -0.3 is 5.32 Å². The van der Waals surface area contributed by atoms with Crippen molar-refractivity contribution < 1.29 is 0 Å². The summed E-state index contributed by atoms with van der Waals surface area (Å²) < 4.78 is 0. The first-order valence-electron chi connectivity index (χ1n) is 7.55. The van der Waals surface area contributed by atoms with E-state index in [1.54, 1.807) is 0 Å². The molecule has 1 aliphatic carbocycles. The highest BCUT2D eigenvalue weighted by Gasteiger charge is 2.36. The number of rotatable bonds is 2. The molecular formula is C15H30N2. The second-order valence-electron chi connectivity index (χ2n) is 6.72. The van der Waals surface area contributed by atoms with Crippen molar-refractivity contribution in [2.24, 2.45) is 5.41 Å². The summed E-state index contributed by atoms with van der Waals surface area (Å²) in [5.41, 5.74) is 0.468. The van der Waals surface area contributed by atoms with Gasteiger partial charge in [-0.25, -0.2) is 0 Å². The Kier molecular flexibility index (Phi) is 4.48. The first kappa shape index (κ1) is 13.4. The van der Waals surface area contributed by atoms with Gasteiger partial charge >= 0.3 is 0 Å². The van der Waals surface area contributed by atoms with Crippen LogP contribution in [-0.4, -0.2) is 37.1 Å². The maximum Gasteiger partial charge on any atom is 0.0243 e. The Labute approximate surface area is 107 Å². The van der Waals surface area contributed by atoms with Crippen LogP contribution in [0, 0.1) is 5.41 Å². The third-order valence-corrected chi connectivity index (χ3v) is 5.09. The molecule has 0 aromatic rings. The molecule has 0 spiro atoms. The summed E-state index contributed by atoms with van der Waals surface area (Å²) in [5, 5.41) is 3.54. The van der Waals surface area contributed by atoms with E-state index in [1.807, 2.05) is 0 Å². The topological polar surface area (TPSA) is 15.3 Å². The molecule has 2 heteroatoms. The molecule has 1 saturated carbocycles. The molecule has 1 saturated heterocycles. The molecule has 0 bridgehead atoms. The van der Waals surface area contributed by atoms with Gasteiger partial charge in [-0.15, -0.1) is 0 Å². The van der Waals surface area contributed by atoms with Crippen LogP contribution in [-0.2, 0) is 0 Å². The smallest absolute Gasteiger partial charge is 0.0243 e. The standard InChI is InChI=1S/C15H30N2/c1-15(2)10-11-17(12-14(15)16-3)13-8-6-4-5-7-9-13/h13-14,16H,4-12H2,1-3H3. The average molecular weight is 238 g/mol. The van der Waals surface area contributed by atoms with Crippen LogP contribution in [0.4, 0.5) is 0 Å². The van der Waals surface area contributed by atoms with Crippen molar-refractivity contribution in [1.82, 2.24) is 10.2 Å². The van der Waals surface area contributed by atoms with Gasteiger partial charge in [0.2, 0.25) is 0 Å². The van der Waals surface area contributed by atoms with Crippen molar-refractivity contribution in [2.45, 2.75) is 70.9 Å². The second-order valence-corrected chi connectivity index (χ2v) is 6.72. The van der Waals surface area contributed by atoms with Crippen LogP contribution in [0.15, 0.2) is 0 Å². The van der Waals surface area contributed by atoms with Gasteiger partial charge in [-0.3, -0.25) is 4.90 Å². The van der Waals surface area contributed by atoms with Crippen LogP contribution in [0.25, 0.3) is 0 Å². The summed E-state index contributed by atoms with van der Waals surface area (Å²) in [6, 6.07) is 1.55. The first-order valence-corrected chi connectivity index (χ1v) is 7.55. The van der Waals surface area contributed by atoms with E-state index >= 15 is 0 Å². The summed E-state index contributed by atoms with van der Waals surface area (Å²) >= 11 is 0. The van der Waals surface area contributed by atoms with Gasteiger partial charge in [0.05, 0.1) is 0 Å². The number of piperidine rings is 1. The van der Waals surface area contributed by atoms with Gasteiger partial charge in [-0.1, -0.05) is 39.5 Å². The number of nitrogens with zero attached hydrogens (tertiary/aromatic N) is 1. The lowest BCUT2D eigenvalue weighted by molar-refractivity contribution is 0.0543. The van der Waals surface area contributed by atoms with E-state index < -0.39 is 0 Å². The largest absolute Gasteiger partial charge is 0.315 e. The SMILES string of the molecule is CNC1CN(C2CCCCCC2)CCC1(C)C. The highest BCUT2D eigenvalue weighted by atomic mass is 15.2. The number of hydrogen-bond acceptors (Lipinski definition) is 2. The van der Waals surface area contributed by atoms with Crippen molar-refractivity contribution in [3.63, 3.8) is 0 Å². The molecule has 1 unspecified atom stereocenters. The molecule has 0 aromatic carbocycles. The number of likely N-dealkylation sites (tertiary alicyclic amines) is 1. The van der Waals surface area contributed by atoms with Gasteiger partial charge in [0, 0.05) is 18.6 Å². The first-order chi connectivity index (χ1) is 8.13. The Morgan fingerprint density at radius 1 is 1.06 bits per heavy atom. The quantitative estimate of drug-likeness (QED) is 0.744. The molecule has 2 fully saturated rings. The minimum Gasteiger partial charge on any atom is -0.315 e. The van der Waals surface area contributed by atoms with E-state index in [0.29, 0.717) is 11.5 Å². The third-order valence-electron chi connectivity index (χ3n) is 5.09. The van der Waals surface area contributed by atoms with Crippen LogP contribution in [0.3, 0.4) is 0 Å². The molecular weight excluding hydrogens is 208 g/mol. The fourth-order valence-electron chi connectivity index (χ4n) is 3.62. The normalized spacial score (nSPS) is 32.3. The van der Waals surface area contributed by atoms with Crippen LogP contribution in [0.1, 0.15) is 58.8 Å². The zero-order chi connectivity index (χ0) is 12.3. The molecule has 1 aliphatic heterocycles. The predicted molar refractivity (Wildman–Crippen MR) is 74.3 cm³/mol. The number of hydrogen-bond donors (Lipinski definition) is 1. The maximum absolute atomic E-state index is 3.54. The lowest BCUT2D eigenvalue weighted by Crippen LogP contribution is -2.56. The average Bonchev–Trinajstić information content (AvgIpc) is 2.57. The summed E-state index contributed by atoms with van der Waals surface area (Å²) in [7, 11) is 2.13. The molecule has 0 radical (unpaired) electrons. The van der Waals surface area contributed by atoms with Gasteiger partial charge in [0.15, 0.2) is 0 Å². The molecule has 100 valence electrons. The maximum atomic E-state index is 3.54. The number of nitrogens with one attached hydrogen (secondary N) is 1. The zero-order valence-corrected chi connectivity index (χ0v) is 12.0. The monoisotopic (exact) mass is 238 g/mol. The highest BCUT2D eigenvalue weighted by molar-refractivity contribution is 4.93. The Hall–Kier alpha value is -0.0800. The molecule has 1 heterocycles. The van der Waals surface area contributed by atoms with E-state index in [9.17, 15) is 0 Å². The van der Waals surface area contributed by atoms with Crippen molar-refractivity contribution in [3.05, 3.63) is 0 Å². The molecule has 0 amide bonds. The Morgan fingerprint density at radius 2 is 1.71 bits per heavy atom. The van der Waals surface area contributed by atoms with E-state index in [1.165, 1.54) is 58.0 Å². The predicted octanol–water partition coefficient (Wildman–Crippen LogP) is 3.03. The van der Waals surface area contributed by atoms with E-state index in [0.717, 1.165) is 6.04 Å². The molecule has 2 nitrogen and oxygen atoms in total. The number of likely N-dealkylation sites (N-methyl/N-ethyl adjacent to an activating group) is 1. The molecule has 1 atom stereocenters. The zero-order valence-electron chi connectivity index (χ0n) is 12.0. The van der Waals surface area contributed by atoms with Crippen LogP contribution in [0.5, 0.6) is 0 Å². The van der Waals surface area contributed by atoms with Crippen molar-refractivity contribution >= 4 is 0 Å². The molecule has 2 aliphatic rings. The molecule has 2 rings (SSSR count). The fraction of sp³-hybridized carbons (Fsp3) is 1.00. The second kappa shape index (κ2) is 5.71. The van der Waals surface area contributed by atoms with E-state index in [2.05, 4.69) is 31.1 Å². The summed E-state index contributed by atoms with van der Waals surface area (Å²) in [6.45, 7) is 7.40. The van der Waals surface area contributed by atoms with E-state index in [-0.39, 0.29) is 0 Å². The van der Waals surface area contributed by atoms with Crippen molar-refractivity contribution in [3.8, 4) is 0 Å². The minimum atomic E-state index is 0.468. The van der Waals surface area contributed by atoms with Crippen LogP contribution < -0.4 is 5.32 Å².